The lowest BCUT2D eigenvalue weighted by Crippen LogP contribution is -2.24. The Bertz CT molecular complexity index is 1410. The summed E-state index contributed by atoms with van der Waals surface area (Å²) in [6.07, 6.45) is 6.80. The van der Waals surface area contributed by atoms with Gasteiger partial charge < -0.3 is 14.0 Å². The van der Waals surface area contributed by atoms with Crippen LogP contribution >= 0.6 is 0 Å². The molecular weight excluding hydrogens is 406 g/mol. The van der Waals surface area contributed by atoms with Crippen LogP contribution in [0, 0.1) is 11.8 Å². The zero-order valence-corrected chi connectivity index (χ0v) is 17.8. The van der Waals surface area contributed by atoms with Crippen LogP contribution in [0.5, 0.6) is 0 Å². The van der Waals surface area contributed by atoms with Crippen LogP contribution in [0.2, 0.25) is 0 Å². The molecule has 0 spiro atoms. The molecule has 0 bridgehead atoms. The summed E-state index contributed by atoms with van der Waals surface area (Å²) in [4.78, 5) is 28.2. The van der Waals surface area contributed by atoms with E-state index in [0.717, 1.165) is 18.9 Å². The van der Waals surface area contributed by atoms with Gasteiger partial charge in [-0.05, 0) is 54.4 Å². The Labute approximate surface area is 183 Å². The van der Waals surface area contributed by atoms with E-state index in [0.29, 0.717) is 34.8 Å². The van der Waals surface area contributed by atoms with Gasteiger partial charge in [-0.1, -0.05) is 11.2 Å². The molecule has 1 aliphatic heterocycles. The van der Waals surface area contributed by atoms with Crippen LogP contribution in [-0.2, 0) is 26.4 Å². The van der Waals surface area contributed by atoms with Crippen molar-refractivity contribution in [2.75, 3.05) is 18.0 Å². The molecule has 7 rings (SSSR count). The molecule has 0 radical (unpaired) electrons. The number of aryl methyl sites for hydroxylation is 3. The van der Waals surface area contributed by atoms with Gasteiger partial charge in [-0.15, -0.1) is 0 Å². The van der Waals surface area contributed by atoms with Crippen molar-refractivity contribution in [3.63, 3.8) is 0 Å². The lowest BCUT2D eigenvalue weighted by atomic mass is 10.1. The molecule has 1 aromatic carbocycles. The largest absolute Gasteiger partial charge is 0.371 e. The van der Waals surface area contributed by atoms with Crippen LogP contribution in [-0.4, -0.2) is 42.3 Å². The maximum Gasteiger partial charge on any atom is 0.280 e. The number of fused-ring (bicyclic) bond motifs is 3. The van der Waals surface area contributed by atoms with Gasteiger partial charge in [0, 0.05) is 31.7 Å². The van der Waals surface area contributed by atoms with Gasteiger partial charge in [0.15, 0.2) is 17.0 Å². The van der Waals surface area contributed by atoms with Gasteiger partial charge in [0.25, 0.3) is 5.56 Å². The second-order valence-electron chi connectivity index (χ2n) is 9.32. The Kier molecular flexibility index (Phi) is 3.68. The molecule has 1 saturated heterocycles. The van der Waals surface area contributed by atoms with Crippen molar-refractivity contribution in [3.8, 4) is 0 Å². The number of nitrogens with zero attached hydrogens (tertiary/aromatic N) is 7. The fourth-order valence-electron chi connectivity index (χ4n) is 5.67. The van der Waals surface area contributed by atoms with E-state index in [-0.39, 0.29) is 12.1 Å². The highest BCUT2D eigenvalue weighted by molar-refractivity contribution is 5.68. The molecule has 32 heavy (non-hydrogen) atoms. The predicted molar refractivity (Wildman–Crippen MR) is 117 cm³/mol. The van der Waals surface area contributed by atoms with Gasteiger partial charge in [-0.3, -0.25) is 9.36 Å². The van der Waals surface area contributed by atoms with Gasteiger partial charge in [0.1, 0.15) is 12.9 Å². The molecule has 3 aromatic heterocycles. The summed E-state index contributed by atoms with van der Waals surface area (Å²) in [7, 11) is 1.78. The second-order valence-corrected chi connectivity index (χ2v) is 9.32. The fraction of sp³-hybridized carbons (Fsp3) is 0.435. The van der Waals surface area contributed by atoms with Gasteiger partial charge in [0.2, 0.25) is 5.89 Å². The van der Waals surface area contributed by atoms with Crippen LogP contribution in [0.4, 0.5) is 5.69 Å². The summed E-state index contributed by atoms with van der Waals surface area (Å²) in [6, 6.07) is 6.98. The van der Waals surface area contributed by atoms with Crippen molar-refractivity contribution in [3.05, 3.63) is 64.0 Å². The fourth-order valence-corrected chi connectivity index (χ4v) is 5.67. The standard InChI is InChI=1S/C23H23N7O2/c1-28-11-24-22-20(28)23(31)30(12-25-22)10-18-26-21(27-32-18)19-16-8-29(9-17(16)19)15-6-5-13-3-2-4-14(13)7-15/h5-7,11-12,16-17,19H,2-4,8-10H2,1H3. The molecule has 2 aliphatic carbocycles. The Morgan fingerprint density at radius 3 is 2.78 bits per heavy atom. The molecule has 1 saturated carbocycles. The molecule has 2 atom stereocenters. The van der Waals surface area contributed by atoms with E-state index in [4.69, 9.17) is 4.52 Å². The minimum atomic E-state index is -0.164. The van der Waals surface area contributed by atoms with E-state index in [1.165, 1.54) is 47.0 Å². The van der Waals surface area contributed by atoms with Crippen molar-refractivity contribution in [2.24, 2.45) is 18.9 Å². The van der Waals surface area contributed by atoms with E-state index in [2.05, 4.69) is 43.2 Å². The molecule has 2 fully saturated rings. The first kappa shape index (κ1) is 18.1. The third kappa shape index (κ3) is 2.66. The van der Waals surface area contributed by atoms with Crippen molar-refractivity contribution >= 4 is 16.9 Å². The number of imidazole rings is 1. The van der Waals surface area contributed by atoms with Crippen LogP contribution in [0.15, 0.2) is 40.2 Å². The maximum atomic E-state index is 12.7. The van der Waals surface area contributed by atoms with Crippen LogP contribution < -0.4 is 10.5 Å². The number of hydrogen-bond acceptors (Lipinski definition) is 7. The van der Waals surface area contributed by atoms with Crippen molar-refractivity contribution < 1.29 is 4.52 Å². The zero-order chi connectivity index (χ0) is 21.4. The van der Waals surface area contributed by atoms with Gasteiger partial charge in [0.05, 0.1) is 6.33 Å². The average molecular weight is 429 g/mol. The van der Waals surface area contributed by atoms with Crippen molar-refractivity contribution in [2.45, 2.75) is 31.7 Å². The van der Waals surface area contributed by atoms with Crippen molar-refractivity contribution in [1.82, 2.24) is 29.2 Å². The smallest absolute Gasteiger partial charge is 0.280 e. The summed E-state index contributed by atoms with van der Waals surface area (Å²) >= 11 is 0. The Balaban J connectivity index is 1.06. The molecule has 162 valence electrons. The molecule has 9 nitrogen and oxygen atoms in total. The topological polar surface area (TPSA) is 94.9 Å². The Morgan fingerprint density at radius 1 is 1.09 bits per heavy atom. The number of anilines is 1. The van der Waals surface area contributed by atoms with Gasteiger partial charge >= 0.3 is 0 Å². The minimum absolute atomic E-state index is 0.164. The SMILES string of the molecule is Cn1cnc2ncn(Cc3nc(C4C5CN(c6ccc7c(c6)CCC7)CC54)no3)c(=O)c21. The highest BCUT2D eigenvalue weighted by Crippen LogP contribution is 2.58. The molecule has 4 aromatic rings. The number of hydrogen-bond donors (Lipinski definition) is 0. The first-order valence-electron chi connectivity index (χ1n) is 11.2. The summed E-state index contributed by atoms with van der Waals surface area (Å²) in [6.45, 7) is 2.29. The van der Waals surface area contributed by atoms with E-state index in [9.17, 15) is 4.79 Å². The Morgan fingerprint density at radius 2 is 1.91 bits per heavy atom. The minimum Gasteiger partial charge on any atom is -0.371 e. The first-order valence-corrected chi connectivity index (χ1v) is 11.2. The summed E-state index contributed by atoms with van der Waals surface area (Å²) in [5.74, 6) is 2.71. The van der Waals surface area contributed by atoms with Crippen LogP contribution in [0.1, 0.15) is 35.2 Å². The quantitative estimate of drug-likeness (QED) is 0.489. The van der Waals surface area contributed by atoms with E-state index in [1.54, 1.807) is 17.9 Å². The summed E-state index contributed by atoms with van der Waals surface area (Å²) < 4.78 is 8.66. The van der Waals surface area contributed by atoms with Crippen LogP contribution in [0.25, 0.3) is 11.2 Å². The summed E-state index contributed by atoms with van der Waals surface area (Å²) in [5.41, 5.74) is 5.14. The van der Waals surface area contributed by atoms with E-state index >= 15 is 0 Å². The monoisotopic (exact) mass is 429 g/mol. The lowest BCUT2D eigenvalue weighted by Gasteiger charge is -2.22. The third-order valence-electron chi connectivity index (χ3n) is 7.43. The molecule has 9 heteroatoms. The van der Waals surface area contributed by atoms with Gasteiger partial charge in [-0.25, -0.2) is 9.97 Å². The van der Waals surface area contributed by atoms with E-state index < -0.39 is 0 Å². The van der Waals surface area contributed by atoms with Crippen molar-refractivity contribution in [1.29, 1.82) is 0 Å². The normalized spacial score (nSPS) is 23.7. The number of aromatic nitrogens is 6. The maximum absolute atomic E-state index is 12.7. The number of piperidine rings is 1. The van der Waals surface area contributed by atoms with Gasteiger partial charge in [-0.2, -0.15) is 4.98 Å². The Hall–Kier alpha value is -3.49. The molecule has 2 unspecified atom stereocenters. The molecule has 0 N–H and O–H groups in total. The summed E-state index contributed by atoms with van der Waals surface area (Å²) in [5, 5.41) is 4.24. The molecule has 0 amide bonds. The first-order chi connectivity index (χ1) is 15.7. The lowest BCUT2D eigenvalue weighted by molar-refractivity contribution is 0.363. The highest BCUT2D eigenvalue weighted by atomic mass is 16.5. The zero-order valence-electron chi connectivity index (χ0n) is 17.8. The number of rotatable bonds is 4. The average Bonchev–Trinajstić information content (AvgIpc) is 3.38. The van der Waals surface area contributed by atoms with Crippen LogP contribution in [0.3, 0.4) is 0 Å². The molecule has 4 heterocycles. The molecule has 3 aliphatic rings. The number of benzene rings is 1. The second kappa shape index (κ2) is 6.51. The molecular formula is C23H23N7O2. The van der Waals surface area contributed by atoms with E-state index in [1.807, 2.05) is 0 Å². The highest BCUT2D eigenvalue weighted by Gasteiger charge is 2.58. The predicted octanol–water partition coefficient (Wildman–Crippen LogP) is 1.90. The third-order valence-corrected chi connectivity index (χ3v) is 7.43.